The van der Waals surface area contributed by atoms with Gasteiger partial charge in [-0.2, -0.15) is 0 Å². The Hall–Kier alpha value is -2.60. The molecule has 126 valence electrons. The van der Waals surface area contributed by atoms with Crippen molar-refractivity contribution in [1.29, 1.82) is 0 Å². The Bertz CT molecular complexity index is 718. The summed E-state index contributed by atoms with van der Waals surface area (Å²) in [5, 5.41) is 9.72. The Labute approximate surface area is 140 Å². The molecular formula is C18H19NO5. The van der Waals surface area contributed by atoms with Crippen molar-refractivity contribution in [3.63, 3.8) is 0 Å². The minimum absolute atomic E-state index is 0.0874. The molecule has 0 amide bonds. The zero-order valence-electron chi connectivity index (χ0n) is 13.3. The normalized spacial score (nSPS) is 19.9. The molecule has 1 unspecified atom stereocenters. The fraction of sp³-hybridized carbons (Fsp3) is 0.333. The van der Waals surface area contributed by atoms with E-state index in [9.17, 15) is 9.90 Å². The number of hydrogen-bond acceptors (Lipinski definition) is 6. The smallest absolute Gasteiger partial charge is 0.216 e. The monoisotopic (exact) mass is 329 g/mol. The number of pyridine rings is 1. The number of methoxy groups -OCH3 is 1. The van der Waals surface area contributed by atoms with Crippen LogP contribution in [0.3, 0.4) is 0 Å². The minimum Gasteiger partial charge on any atom is -0.507 e. The quantitative estimate of drug-likeness (QED) is 0.820. The number of nitrogens with zero attached hydrogens (tertiary/aromatic N) is 1. The van der Waals surface area contributed by atoms with E-state index >= 15 is 0 Å². The van der Waals surface area contributed by atoms with Crippen molar-refractivity contribution in [1.82, 2.24) is 4.98 Å². The zero-order chi connectivity index (χ0) is 16.9. The van der Waals surface area contributed by atoms with E-state index in [4.69, 9.17) is 14.2 Å². The lowest BCUT2D eigenvalue weighted by Gasteiger charge is -2.20. The third kappa shape index (κ3) is 3.19. The molecule has 3 rings (SSSR count). The molecule has 0 aliphatic carbocycles. The van der Waals surface area contributed by atoms with Gasteiger partial charge >= 0.3 is 0 Å². The SMILES string of the molecule is COc1ncccc1C1COC[C@@H]1COc1cccc(O)c1C=O. The summed E-state index contributed by atoms with van der Waals surface area (Å²) in [5.74, 6) is 1.07. The number of aromatic hydroxyl groups is 1. The Balaban J connectivity index is 1.75. The number of ether oxygens (including phenoxy) is 3. The van der Waals surface area contributed by atoms with Crippen LogP contribution in [0.25, 0.3) is 0 Å². The second-order valence-corrected chi connectivity index (χ2v) is 5.62. The van der Waals surface area contributed by atoms with Gasteiger partial charge in [0.2, 0.25) is 5.88 Å². The highest BCUT2D eigenvalue weighted by Crippen LogP contribution is 2.36. The van der Waals surface area contributed by atoms with Crippen molar-refractivity contribution in [3.05, 3.63) is 47.7 Å². The van der Waals surface area contributed by atoms with E-state index in [0.29, 0.717) is 37.7 Å². The third-order valence-electron chi connectivity index (χ3n) is 4.21. The van der Waals surface area contributed by atoms with Crippen LogP contribution >= 0.6 is 0 Å². The first-order valence-corrected chi connectivity index (χ1v) is 7.71. The van der Waals surface area contributed by atoms with E-state index in [1.54, 1.807) is 25.4 Å². The van der Waals surface area contributed by atoms with E-state index in [2.05, 4.69) is 4.98 Å². The molecule has 1 saturated heterocycles. The molecule has 2 heterocycles. The van der Waals surface area contributed by atoms with Crippen LogP contribution in [0, 0.1) is 5.92 Å². The van der Waals surface area contributed by atoms with Gasteiger partial charge in [0.05, 0.1) is 32.5 Å². The molecule has 1 aliphatic rings. The van der Waals surface area contributed by atoms with E-state index in [1.807, 2.05) is 12.1 Å². The maximum atomic E-state index is 11.1. The van der Waals surface area contributed by atoms with Gasteiger partial charge in [-0.25, -0.2) is 4.98 Å². The number of phenolic OH excluding ortho intramolecular Hbond substituents is 1. The zero-order valence-corrected chi connectivity index (χ0v) is 13.3. The number of carbonyl (C=O) groups excluding carboxylic acids is 1. The lowest BCUT2D eigenvalue weighted by atomic mass is 9.90. The Morgan fingerprint density at radius 2 is 2.21 bits per heavy atom. The van der Waals surface area contributed by atoms with E-state index in [0.717, 1.165) is 5.56 Å². The van der Waals surface area contributed by atoms with E-state index < -0.39 is 0 Å². The topological polar surface area (TPSA) is 77.9 Å². The van der Waals surface area contributed by atoms with Crippen molar-refractivity contribution >= 4 is 6.29 Å². The van der Waals surface area contributed by atoms with E-state index in [1.165, 1.54) is 6.07 Å². The Kier molecular flexibility index (Phi) is 4.96. The predicted molar refractivity (Wildman–Crippen MR) is 86.8 cm³/mol. The van der Waals surface area contributed by atoms with Gasteiger partial charge < -0.3 is 19.3 Å². The maximum Gasteiger partial charge on any atom is 0.216 e. The number of aromatic nitrogens is 1. The molecule has 1 fully saturated rings. The second kappa shape index (κ2) is 7.31. The van der Waals surface area contributed by atoms with Gasteiger partial charge in [0.25, 0.3) is 0 Å². The largest absolute Gasteiger partial charge is 0.507 e. The van der Waals surface area contributed by atoms with Crippen molar-refractivity contribution in [2.75, 3.05) is 26.9 Å². The number of aldehydes is 1. The van der Waals surface area contributed by atoms with Crippen molar-refractivity contribution in [3.8, 4) is 17.4 Å². The van der Waals surface area contributed by atoms with Crippen LogP contribution in [-0.2, 0) is 4.74 Å². The van der Waals surface area contributed by atoms with Gasteiger partial charge in [-0.15, -0.1) is 0 Å². The van der Waals surface area contributed by atoms with Gasteiger partial charge in [0, 0.05) is 23.6 Å². The van der Waals surface area contributed by atoms with Crippen LogP contribution in [0.15, 0.2) is 36.5 Å². The Morgan fingerprint density at radius 1 is 1.33 bits per heavy atom. The number of benzene rings is 1. The fourth-order valence-corrected chi connectivity index (χ4v) is 2.94. The molecule has 2 aromatic rings. The highest BCUT2D eigenvalue weighted by molar-refractivity contribution is 5.83. The molecule has 1 aromatic heterocycles. The number of hydrogen-bond donors (Lipinski definition) is 1. The summed E-state index contributed by atoms with van der Waals surface area (Å²) in [5.41, 5.74) is 1.14. The van der Waals surface area contributed by atoms with Gasteiger partial charge in [-0.05, 0) is 18.2 Å². The maximum absolute atomic E-state index is 11.1. The molecule has 0 saturated carbocycles. The molecule has 0 bridgehead atoms. The molecule has 0 radical (unpaired) electrons. The van der Waals surface area contributed by atoms with Crippen LogP contribution in [0.4, 0.5) is 0 Å². The average molecular weight is 329 g/mol. The van der Waals surface area contributed by atoms with Gasteiger partial charge in [-0.3, -0.25) is 4.79 Å². The van der Waals surface area contributed by atoms with Gasteiger partial charge in [-0.1, -0.05) is 12.1 Å². The highest BCUT2D eigenvalue weighted by atomic mass is 16.5. The van der Waals surface area contributed by atoms with Crippen LogP contribution in [-0.4, -0.2) is 43.3 Å². The lowest BCUT2D eigenvalue weighted by Crippen LogP contribution is -2.20. The minimum atomic E-state index is -0.0874. The first kappa shape index (κ1) is 16.3. The summed E-state index contributed by atoms with van der Waals surface area (Å²) in [7, 11) is 1.59. The first-order valence-electron chi connectivity index (χ1n) is 7.71. The van der Waals surface area contributed by atoms with Crippen molar-refractivity contribution in [2.24, 2.45) is 5.92 Å². The second-order valence-electron chi connectivity index (χ2n) is 5.62. The van der Waals surface area contributed by atoms with Gasteiger partial charge in [0.1, 0.15) is 11.5 Å². The molecule has 1 aliphatic heterocycles. The molecule has 2 atom stereocenters. The van der Waals surface area contributed by atoms with Crippen LogP contribution in [0.2, 0.25) is 0 Å². The highest BCUT2D eigenvalue weighted by Gasteiger charge is 2.32. The standard InChI is InChI=1S/C18H19NO5/c1-22-18-13(4-3-7-19-18)15-11-23-9-12(15)10-24-17-6-2-5-16(21)14(17)8-20/h2-8,12,15,21H,9-11H2,1H3/t12-,15?/m1/s1. The summed E-state index contributed by atoms with van der Waals surface area (Å²) < 4.78 is 16.7. The predicted octanol–water partition coefficient (Wildman–Crippen LogP) is 2.42. The summed E-state index contributed by atoms with van der Waals surface area (Å²) in [6, 6.07) is 8.61. The van der Waals surface area contributed by atoms with Crippen molar-refractivity contribution < 1.29 is 24.1 Å². The first-order chi connectivity index (χ1) is 11.7. The third-order valence-corrected chi connectivity index (χ3v) is 4.21. The van der Waals surface area contributed by atoms with Crippen LogP contribution in [0.5, 0.6) is 17.4 Å². The summed E-state index contributed by atoms with van der Waals surface area (Å²) in [4.78, 5) is 15.4. The number of rotatable bonds is 6. The molecule has 24 heavy (non-hydrogen) atoms. The number of phenols is 1. The lowest BCUT2D eigenvalue weighted by molar-refractivity contribution is 0.111. The number of carbonyl (C=O) groups is 1. The molecule has 6 heteroatoms. The van der Waals surface area contributed by atoms with E-state index in [-0.39, 0.29) is 23.1 Å². The molecule has 6 nitrogen and oxygen atoms in total. The molecular weight excluding hydrogens is 310 g/mol. The van der Waals surface area contributed by atoms with Crippen LogP contribution < -0.4 is 9.47 Å². The molecule has 1 aromatic carbocycles. The van der Waals surface area contributed by atoms with Gasteiger partial charge in [0.15, 0.2) is 6.29 Å². The summed E-state index contributed by atoms with van der Waals surface area (Å²) in [6.07, 6.45) is 2.28. The molecule has 0 spiro atoms. The average Bonchev–Trinajstić information content (AvgIpc) is 3.08. The summed E-state index contributed by atoms with van der Waals surface area (Å²) >= 11 is 0. The fourth-order valence-electron chi connectivity index (χ4n) is 2.94. The van der Waals surface area contributed by atoms with Crippen molar-refractivity contribution in [2.45, 2.75) is 5.92 Å². The van der Waals surface area contributed by atoms with Crippen LogP contribution in [0.1, 0.15) is 21.8 Å². The summed E-state index contributed by atoms with van der Waals surface area (Å²) in [6.45, 7) is 1.49. The Morgan fingerprint density at radius 3 is 3.00 bits per heavy atom. The molecule has 1 N–H and O–H groups in total.